The SMILES string of the molecule is Cc1nc2ccccc2nc1S[C@H](C)C(=O)N[C@](C)(C#N)C(C)C. The summed E-state index contributed by atoms with van der Waals surface area (Å²) in [6.07, 6.45) is 0. The Balaban J connectivity index is 2.17. The maximum atomic E-state index is 12.5. The third-order valence-electron chi connectivity index (χ3n) is 4.13. The molecule has 0 bridgehead atoms. The third kappa shape index (κ3) is 3.85. The summed E-state index contributed by atoms with van der Waals surface area (Å²) in [5.41, 5.74) is 1.57. The Morgan fingerprint density at radius 3 is 2.38 bits per heavy atom. The van der Waals surface area contributed by atoms with Gasteiger partial charge < -0.3 is 5.32 Å². The van der Waals surface area contributed by atoms with Gasteiger partial charge in [0, 0.05) is 0 Å². The van der Waals surface area contributed by atoms with Gasteiger partial charge in [-0.05, 0) is 38.8 Å². The predicted molar refractivity (Wildman–Crippen MR) is 96.6 cm³/mol. The number of para-hydroxylation sites is 2. The monoisotopic (exact) mass is 342 g/mol. The van der Waals surface area contributed by atoms with Gasteiger partial charge in [-0.3, -0.25) is 4.79 Å². The van der Waals surface area contributed by atoms with E-state index in [-0.39, 0.29) is 17.1 Å². The summed E-state index contributed by atoms with van der Waals surface area (Å²) in [7, 11) is 0. The van der Waals surface area contributed by atoms with Crippen LogP contribution in [-0.4, -0.2) is 26.7 Å². The lowest BCUT2D eigenvalue weighted by atomic mass is 9.90. The molecule has 1 aromatic heterocycles. The Morgan fingerprint density at radius 1 is 1.25 bits per heavy atom. The summed E-state index contributed by atoms with van der Waals surface area (Å²) in [6, 6.07) is 9.86. The maximum Gasteiger partial charge on any atom is 0.234 e. The maximum absolute atomic E-state index is 12.5. The van der Waals surface area contributed by atoms with E-state index in [1.54, 1.807) is 6.92 Å². The highest BCUT2D eigenvalue weighted by atomic mass is 32.2. The van der Waals surface area contributed by atoms with Gasteiger partial charge in [0.05, 0.1) is 28.0 Å². The van der Waals surface area contributed by atoms with E-state index in [9.17, 15) is 10.1 Å². The molecule has 0 aliphatic heterocycles. The van der Waals surface area contributed by atoms with Crippen molar-refractivity contribution in [1.82, 2.24) is 15.3 Å². The van der Waals surface area contributed by atoms with Crippen LogP contribution in [0.2, 0.25) is 0 Å². The number of benzene rings is 1. The van der Waals surface area contributed by atoms with Gasteiger partial charge in [-0.2, -0.15) is 5.26 Å². The van der Waals surface area contributed by atoms with Crippen molar-refractivity contribution in [2.45, 2.75) is 50.4 Å². The highest BCUT2D eigenvalue weighted by Crippen LogP contribution is 2.26. The quantitative estimate of drug-likeness (QED) is 0.842. The first-order valence-corrected chi connectivity index (χ1v) is 8.78. The van der Waals surface area contributed by atoms with Crippen LogP contribution in [-0.2, 0) is 4.79 Å². The number of rotatable bonds is 5. The average molecular weight is 342 g/mol. The van der Waals surface area contributed by atoms with Crippen LogP contribution in [0.25, 0.3) is 11.0 Å². The third-order valence-corrected chi connectivity index (χ3v) is 5.31. The molecule has 5 nitrogen and oxygen atoms in total. The molecular formula is C18H22N4OS. The molecule has 6 heteroatoms. The number of nitrogens with zero attached hydrogens (tertiary/aromatic N) is 3. The lowest BCUT2D eigenvalue weighted by Crippen LogP contribution is -2.51. The molecule has 0 unspecified atom stereocenters. The van der Waals surface area contributed by atoms with E-state index in [1.807, 2.05) is 52.0 Å². The van der Waals surface area contributed by atoms with Gasteiger partial charge in [0.15, 0.2) is 0 Å². The van der Waals surface area contributed by atoms with Gasteiger partial charge in [0.2, 0.25) is 5.91 Å². The molecule has 126 valence electrons. The molecule has 24 heavy (non-hydrogen) atoms. The van der Waals surface area contributed by atoms with E-state index in [2.05, 4.69) is 21.4 Å². The van der Waals surface area contributed by atoms with Crippen molar-refractivity contribution in [2.24, 2.45) is 5.92 Å². The molecule has 1 N–H and O–H groups in total. The number of amides is 1. The van der Waals surface area contributed by atoms with Gasteiger partial charge in [-0.25, -0.2) is 9.97 Å². The van der Waals surface area contributed by atoms with Crippen molar-refractivity contribution in [3.05, 3.63) is 30.0 Å². The zero-order valence-corrected chi connectivity index (χ0v) is 15.4. The molecule has 2 atom stereocenters. The lowest BCUT2D eigenvalue weighted by Gasteiger charge is -2.28. The number of hydrogen-bond acceptors (Lipinski definition) is 5. The smallest absolute Gasteiger partial charge is 0.234 e. The van der Waals surface area contributed by atoms with Crippen LogP contribution in [0.4, 0.5) is 0 Å². The minimum atomic E-state index is -0.879. The molecule has 0 saturated heterocycles. The second-order valence-corrected chi connectivity index (χ2v) is 7.65. The standard InChI is InChI=1S/C18H22N4OS/c1-11(2)18(5,10-19)22-16(23)13(4)24-17-12(3)20-14-8-6-7-9-15(14)21-17/h6-9,11,13H,1-5H3,(H,22,23)/t13-,18-/m1/s1. The first kappa shape index (κ1) is 18.2. The summed E-state index contributed by atoms with van der Waals surface area (Å²) in [5, 5.41) is 12.6. The van der Waals surface area contributed by atoms with Gasteiger partial charge in [0.25, 0.3) is 0 Å². The Hall–Kier alpha value is -2.13. The van der Waals surface area contributed by atoms with Crippen LogP contribution in [0.1, 0.15) is 33.4 Å². The second-order valence-electron chi connectivity index (χ2n) is 6.32. The predicted octanol–water partition coefficient (Wildman–Crippen LogP) is 3.47. The molecule has 0 aliphatic rings. The van der Waals surface area contributed by atoms with E-state index in [0.717, 1.165) is 21.8 Å². The van der Waals surface area contributed by atoms with Crippen LogP contribution in [0.5, 0.6) is 0 Å². The molecule has 0 fully saturated rings. The van der Waals surface area contributed by atoms with Crippen LogP contribution in [0.3, 0.4) is 0 Å². The van der Waals surface area contributed by atoms with E-state index < -0.39 is 5.54 Å². The Labute approximate surface area is 146 Å². The highest BCUT2D eigenvalue weighted by molar-refractivity contribution is 8.00. The van der Waals surface area contributed by atoms with E-state index in [4.69, 9.17) is 0 Å². The highest BCUT2D eigenvalue weighted by Gasteiger charge is 2.32. The number of aromatic nitrogens is 2. The first-order valence-electron chi connectivity index (χ1n) is 7.90. The Bertz CT molecular complexity index is 799. The van der Waals surface area contributed by atoms with E-state index >= 15 is 0 Å². The van der Waals surface area contributed by atoms with Crippen molar-refractivity contribution in [3.8, 4) is 6.07 Å². The van der Waals surface area contributed by atoms with Crippen LogP contribution in [0, 0.1) is 24.2 Å². The number of aryl methyl sites for hydroxylation is 1. The lowest BCUT2D eigenvalue weighted by molar-refractivity contribution is -0.121. The first-order chi connectivity index (χ1) is 11.3. The van der Waals surface area contributed by atoms with Crippen molar-refractivity contribution in [2.75, 3.05) is 0 Å². The number of nitrogens with one attached hydrogen (secondary N) is 1. The summed E-state index contributed by atoms with van der Waals surface area (Å²) >= 11 is 1.36. The van der Waals surface area contributed by atoms with E-state index in [0.29, 0.717) is 0 Å². The minimum absolute atomic E-state index is 0.0193. The molecule has 1 amide bonds. The van der Waals surface area contributed by atoms with E-state index in [1.165, 1.54) is 11.8 Å². The van der Waals surface area contributed by atoms with Crippen LogP contribution in [0.15, 0.2) is 29.3 Å². The summed E-state index contributed by atoms with van der Waals surface area (Å²) in [6.45, 7) is 9.28. The molecular weight excluding hydrogens is 320 g/mol. The molecule has 2 rings (SSSR count). The van der Waals surface area contributed by atoms with Crippen LogP contribution < -0.4 is 5.32 Å². The Kier molecular flexibility index (Phi) is 5.45. The fourth-order valence-electron chi connectivity index (χ4n) is 2.06. The van der Waals surface area contributed by atoms with Crippen molar-refractivity contribution in [1.29, 1.82) is 5.26 Å². The Morgan fingerprint density at radius 2 is 1.83 bits per heavy atom. The zero-order chi connectivity index (χ0) is 17.9. The van der Waals surface area contributed by atoms with Gasteiger partial charge in [-0.1, -0.05) is 37.7 Å². The number of carbonyl (C=O) groups is 1. The molecule has 0 radical (unpaired) electrons. The fraction of sp³-hybridized carbons (Fsp3) is 0.444. The topological polar surface area (TPSA) is 78.7 Å². The largest absolute Gasteiger partial charge is 0.337 e. The summed E-state index contributed by atoms with van der Waals surface area (Å²) < 4.78 is 0. The number of thioether (sulfide) groups is 1. The second kappa shape index (κ2) is 7.18. The molecule has 0 saturated carbocycles. The van der Waals surface area contributed by atoms with Crippen LogP contribution >= 0.6 is 11.8 Å². The minimum Gasteiger partial charge on any atom is -0.337 e. The molecule has 0 spiro atoms. The molecule has 1 aromatic carbocycles. The average Bonchev–Trinajstić information content (AvgIpc) is 2.55. The zero-order valence-electron chi connectivity index (χ0n) is 14.6. The van der Waals surface area contributed by atoms with Crippen molar-refractivity contribution in [3.63, 3.8) is 0 Å². The normalized spacial score (nSPS) is 14.9. The number of nitriles is 1. The van der Waals surface area contributed by atoms with Gasteiger partial charge >= 0.3 is 0 Å². The molecule has 0 aliphatic carbocycles. The van der Waals surface area contributed by atoms with Crippen molar-refractivity contribution >= 4 is 28.7 Å². The number of fused-ring (bicyclic) bond motifs is 1. The summed E-state index contributed by atoms with van der Waals surface area (Å²) in [4.78, 5) is 21.6. The number of carbonyl (C=O) groups excluding carboxylic acids is 1. The number of hydrogen-bond donors (Lipinski definition) is 1. The van der Waals surface area contributed by atoms with Gasteiger partial charge in [0.1, 0.15) is 10.6 Å². The van der Waals surface area contributed by atoms with Crippen molar-refractivity contribution < 1.29 is 4.79 Å². The molecule has 2 aromatic rings. The van der Waals surface area contributed by atoms with Gasteiger partial charge in [-0.15, -0.1) is 0 Å². The molecule has 1 heterocycles. The fourth-order valence-corrected chi connectivity index (χ4v) is 2.93. The summed E-state index contributed by atoms with van der Waals surface area (Å²) in [5.74, 6) is -0.155.